The predicted molar refractivity (Wildman–Crippen MR) is 449 cm³/mol. The van der Waals surface area contributed by atoms with Gasteiger partial charge >= 0.3 is 0 Å². The van der Waals surface area contributed by atoms with Gasteiger partial charge in [-0.05, 0) is 178 Å². The van der Waals surface area contributed by atoms with Crippen LogP contribution in [-0.2, 0) is 0 Å². The van der Waals surface area contributed by atoms with Crippen LogP contribution in [-0.4, -0.2) is 27.9 Å². The Morgan fingerprint density at radius 1 is 0.274 bits per heavy atom. The lowest BCUT2D eigenvalue weighted by Crippen LogP contribution is -2.61. The topological polar surface area (TPSA) is 19.6 Å². The molecule has 2 fully saturated rings. The average molecular weight is 1360 g/mol. The highest BCUT2D eigenvalue weighted by Crippen LogP contribution is 2.55. The zero-order valence-corrected chi connectivity index (χ0v) is 59.4. The molecule has 4 aliphatic rings. The van der Waals surface area contributed by atoms with Crippen molar-refractivity contribution < 1.29 is 0 Å². The van der Waals surface area contributed by atoms with Gasteiger partial charge in [0.15, 0.2) is 0 Å². The molecule has 0 spiro atoms. The van der Waals surface area contributed by atoms with Crippen LogP contribution in [0.5, 0.6) is 0 Å². The van der Waals surface area contributed by atoms with Crippen LogP contribution >= 0.6 is 0 Å². The van der Waals surface area contributed by atoms with Crippen LogP contribution in [0.25, 0.3) is 122 Å². The number of fused-ring (bicyclic) bond motifs is 12. The minimum atomic E-state index is -0.233. The van der Waals surface area contributed by atoms with Gasteiger partial charge in [0.1, 0.15) is 0 Å². The van der Waals surface area contributed by atoms with Gasteiger partial charge in [0.25, 0.3) is 6.71 Å². The fraction of sp³-hybridized carbons (Fsp3) is 0.100. The molecule has 4 unspecified atom stereocenters. The van der Waals surface area contributed by atoms with E-state index in [-0.39, 0.29) is 6.71 Å². The zero-order chi connectivity index (χ0) is 70.1. The van der Waals surface area contributed by atoms with Crippen molar-refractivity contribution in [3.05, 3.63) is 352 Å². The van der Waals surface area contributed by atoms with Gasteiger partial charge in [-0.25, -0.2) is 0 Å². The van der Waals surface area contributed by atoms with Gasteiger partial charge in [-0.2, -0.15) is 0 Å². The molecule has 3 aliphatic heterocycles. The molecule has 2 bridgehead atoms. The molecule has 0 N–H and O–H groups in total. The number of para-hydroxylation sites is 4. The predicted octanol–water partition coefficient (Wildman–Crippen LogP) is 24.4. The smallest absolute Gasteiger partial charge is 0.252 e. The second kappa shape index (κ2) is 25.1. The third-order valence-corrected chi connectivity index (χ3v) is 23.8. The summed E-state index contributed by atoms with van der Waals surface area (Å²) in [6.45, 7) is 4.77. The Morgan fingerprint density at radius 2 is 0.651 bits per heavy atom. The number of anilines is 7. The van der Waals surface area contributed by atoms with E-state index >= 15 is 0 Å². The molecule has 17 aromatic rings. The lowest BCUT2D eigenvalue weighted by Gasteiger charge is -2.51. The molecule has 5 nitrogen and oxygen atoms in total. The summed E-state index contributed by atoms with van der Waals surface area (Å²) in [6, 6.07) is 134. The second-order valence-corrected chi connectivity index (χ2v) is 30.1. The highest BCUT2D eigenvalue weighted by atomic mass is 15.2. The van der Waals surface area contributed by atoms with Crippen LogP contribution in [0.15, 0.2) is 352 Å². The Bertz CT molecular complexity index is 6020. The molecule has 0 radical (unpaired) electrons. The number of rotatable bonds is 11. The minimum absolute atomic E-state index is 0.233. The maximum atomic E-state index is 2.85. The zero-order valence-electron chi connectivity index (χ0n) is 59.4. The van der Waals surface area contributed by atoms with Crippen LogP contribution in [0.4, 0.5) is 39.8 Å². The Morgan fingerprint density at radius 3 is 1.10 bits per heavy atom. The van der Waals surface area contributed by atoms with E-state index in [0.29, 0.717) is 18.0 Å². The molecular formula is C100H76BN5. The van der Waals surface area contributed by atoms with E-state index in [1.54, 1.807) is 0 Å². The summed E-state index contributed by atoms with van der Waals surface area (Å²) in [5, 5.41) is 4.85. The molecule has 1 saturated heterocycles. The van der Waals surface area contributed by atoms with E-state index in [0.717, 1.165) is 101 Å². The molecule has 1 aliphatic carbocycles. The molecule has 6 heteroatoms. The SMILES string of the molecule is CC1CC2CC(C)N(c3ccc4c(c3)N(c3c(-c5ccccc5)cccc3-c3ccccc3)c3cc(-n5c6ccccc6c6ccccc65)cc5c3B4c3ccc(-n4c6ccc(-c7ccccc7)cc6c6cc(-c7ccccc7)ccc64)cc3N5c3c(-c4ccccc4)cccc3-c3ccccc3)C(C1)C2. The molecule has 21 rings (SSSR count). The van der Waals surface area contributed by atoms with E-state index in [2.05, 4.69) is 390 Å². The largest absolute Gasteiger partial charge is 0.366 e. The fourth-order valence-electron chi connectivity index (χ4n) is 19.5. The van der Waals surface area contributed by atoms with E-state index in [9.17, 15) is 0 Å². The van der Waals surface area contributed by atoms with Crippen molar-refractivity contribution in [2.24, 2.45) is 11.8 Å². The third kappa shape index (κ3) is 9.98. The first kappa shape index (κ1) is 62.0. The number of benzene rings is 15. The van der Waals surface area contributed by atoms with Gasteiger partial charge in [-0.3, -0.25) is 0 Å². The standard InChI is InChI=1S/C100H76BN5/c1-65-55-67-57-66(2)102(78(56-65)58-67)76-49-51-88-94(61-76)105(99-80(70-31-13-5-14-32-70)41-25-42-81(99)71-33-15-6-16-34-71)96-63-79(104-90-45-23-21-39-84(90)85-40-22-24-46-91(85)104)64-97-98(96)101(88)89-52-50-77(62-95(89)106(97)100-82(72-35-17-7-18-36-72)43-26-44-83(100)73-37-19-8-20-38-73)103-92-53-47-74(68-27-9-3-10-28-68)59-86(92)87-60-75(48-54-93(87)103)69-29-11-4-12-30-69/h3-54,59-67,78H,55-58H2,1-2H3. The number of hydrogen-bond donors (Lipinski definition) is 0. The summed E-state index contributed by atoms with van der Waals surface area (Å²) >= 11 is 0. The monoisotopic (exact) mass is 1360 g/mol. The fourth-order valence-corrected chi connectivity index (χ4v) is 19.5. The summed E-state index contributed by atoms with van der Waals surface area (Å²) < 4.78 is 5.11. The first-order chi connectivity index (χ1) is 52.4. The molecule has 5 heterocycles. The van der Waals surface area contributed by atoms with Crippen LogP contribution in [0.1, 0.15) is 39.5 Å². The molecular weight excluding hydrogens is 1280 g/mol. The molecule has 0 amide bonds. The van der Waals surface area contributed by atoms with Crippen LogP contribution in [0.3, 0.4) is 0 Å². The van der Waals surface area contributed by atoms with Gasteiger partial charge in [0.05, 0.1) is 39.1 Å². The molecule has 4 atom stereocenters. The third-order valence-electron chi connectivity index (χ3n) is 23.8. The summed E-state index contributed by atoms with van der Waals surface area (Å²) in [7, 11) is 0. The normalized spacial score (nSPS) is 16.5. The number of hydrogen-bond acceptors (Lipinski definition) is 3. The van der Waals surface area contributed by atoms with Crippen LogP contribution in [0.2, 0.25) is 0 Å². The first-order valence-corrected chi connectivity index (χ1v) is 37.9. The van der Waals surface area contributed by atoms with Gasteiger partial charge < -0.3 is 23.8 Å². The highest BCUT2D eigenvalue weighted by Gasteiger charge is 2.47. The Balaban J connectivity index is 0.924. The Labute approximate surface area is 619 Å². The van der Waals surface area contributed by atoms with Gasteiger partial charge in [-0.1, -0.05) is 286 Å². The summed E-state index contributed by atoms with van der Waals surface area (Å²) in [5.74, 6) is 1.41. The van der Waals surface area contributed by atoms with Crippen LogP contribution in [0, 0.1) is 11.8 Å². The van der Waals surface area contributed by atoms with Crippen molar-refractivity contribution in [1.29, 1.82) is 0 Å². The van der Waals surface area contributed by atoms with Crippen molar-refractivity contribution in [2.75, 3.05) is 14.7 Å². The van der Waals surface area contributed by atoms with Gasteiger partial charge in [0, 0.05) is 90.0 Å². The second-order valence-electron chi connectivity index (χ2n) is 30.1. The maximum absolute atomic E-state index is 2.85. The van der Waals surface area contributed by atoms with Crippen molar-refractivity contribution in [3.8, 4) is 78.1 Å². The lowest BCUT2D eigenvalue weighted by molar-refractivity contribution is 0.179. The van der Waals surface area contributed by atoms with Gasteiger partial charge in [0.2, 0.25) is 0 Å². The Hall–Kier alpha value is -12.6. The lowest BCUT2D eigenvalue weighted by atomic mass is 9.33. The Kier molecular flexibility index (Phi) is 14.7. The van der Waals surface area contributed by atoms with E-state index < -0.39 is 0 Å². The summed E-state index contributed by atoms with van der Waals surface area (Å²) in [6.07, 6.45) is 4.95. The highest BCUT2D eigenvalue weighted by molar-refractivity contribution is 7.00. The molecule has 2 aromatic heterocycles. The summed E-state index contributed by atoms with van der Waals surface area (Å²) in [5.41, 5.74) is 32.7. The minimum Gasteiger partial charge on any atom is -0.366 e. The number of nitrogens with zero attached hydrogens (tertiary/aromatic N) is 5. The number of piperidine rings is 1. The maximum Gasteiger partial charge on any atom is 0.252 e. The van der Waals surface area contributed by atoms with Crippen molar-refractivity contribution in [1.82, 2.24) is 9.13 Å². The van der Waals surface area contributed by atoms with Crippen molar-refractivity contribution in [3.63, 3.8) is 0 Å². The van der Waals surface area contributed by atoms with Crippen LogP contribution < -0.4 is 31.1 Å². The average Bonchev–Trinajstić information content (AvgIpc) is 0.747. The van der Waals surface area contributed by atoms with Crippen molar-refractivity contribution >= 4 is 107 Å². The quantitative estimate of drug-likeness (QED) is 0.120. The van der Waals surface area contributed by atoms with Gasteiger partial charge in [-0.15, -0.1) is 0 Å². The first-order valence-electron chi connectivity index (χ1n) is 37.9. The van der Waals surface area contributed by atoms with E-state index in [4.69, 9.17) is 0 Å². The molecule has 15 aromatic carbocycles. The molecule has 106 heavy (non-hydrogen) atoms. The molecule has 504 valence electrons. The van der Waals surface area contributed by atoms with E-state index in [1.807, 2.05) is 0 Å². The molecule has 1 saturated carbocycles. The van der Waals surface area contributed by atoms with Crippen molar-refractivity contribution in [2.45, 2.75) is 51.6 Å². The number of aromatic nitrogens is 2. The van der Waals surface area contributed by atoms with E-state index in [1.165, 1.54) is 108 Å². The summed E-state index contributed by atoms with van der Waals surface area (Å²) in [4.78, 5) is 8.33.